The number of carbonyl (C=O) groups is 3. The van der Waals surface area contributed by atoms with Crippen LogP contribution in [0.2, 0.25) is 0 Å². The van der Waals surface area contributed by atoms with Crippen LogP contribution < -0.4 is 10.9 Å². The number of hydrogen-bond donors (Lipinski definition) is 2. The maximum absolute atomic E-state index is 13.0. The van der Waals surface area contributed by atoms with Gasteiger partial charge in [0.05, 0.1) is 11.5 Å². The zero-order chi connectivity index (χ0) is 20.3. The minimum absolute atomic E-state index is 0.0458. The van der Waals surface area contributed by atoms with E-state index in [-0.39, 0.29) is 30.0 Å². The summed E-state index contributed by atoms with van der Waals surface area (Å²) >= 11 is 0. The van der Waals surface area contributed by atoms with Gasteiger partial charge in [0.15, 0.2) is 0 Å². The lowest BCUT2D eigenvalue weighted by Gasteiger charge is -2.31. The Morgan fingerprint density at radius 3 is 2.33 bits per heavy atom. The average molecular weight is 377 g/mol. The summed E-state index contributed by atoms with van der Waals surface area (Å²) in [5, 5.41) is 11.8. The van der Waals surface area contributed by atoms with Crippen molar-refractivity contribution in [1.82, 2.24) is 14.8 Å². The summed E-state index contributed by atoms with van der Waals surface area (Å²) in [5.41, 5.74) is 1.08. The number of piperidine rings is 1. The van der Waals surface area contributed by atoms with Gasteiger partial charge in [-0.1, -0.05) is 0 Å². The van der Waals surface area contributed by atoms with Gasteiger partial charge in [-0.3, -0.25) is 19.2 Å². The number of likely N-dealkylation sites (tertiary alicyclic amines) is 1. The van der Waals surface area contributed by atoms with Gasteiger partial charge in [0.1, 0.15) is 6.54 Å². The van der Waals surface area contributed by atoms with Crippen LogP contribution >= 0.6 is 0 Å². The van der Waals surface area contributed by atoms with Crippen molar-refractivity contribution in [3.05, 3.63) is 33.2 Å². The van der Waals surface area contributed by atoms with Crippen LogP contribution in [-0.4, -0.2) is 51.5 Å². The Labute approximate surface area is 158 Å². The van der Waals surface area contributed by atoms with E-state index in [2.05, 4.69) is 5.32 Å². The number of carboxylic acids is 1. The van der Waals surface area contributed by atoms with Gasteiger partial charge in [0.2, 0.25) is 5.91 Å². The number of hydrogen-bond acceptors (Lipinski definition) is 4. The number of carbonyl (C=O) groups excluding carboxylic acids is 2. The third-order valence-electron chi connectivity index (χ3n) is 4.86. The van der Waals surface area contributed by atoms with Gasteiger partial charge in [0, 0.05) is 30.9 Å². The van der Waals surface area contributed by atoms with Crippen LogP contribution in [0.15, 0.2) is 10.9 Å². The molecule has 0 atom stereocenters. The predicted octanol–water partition coefficient (Wildman–Crippen LogP) is 0.927. The highest BCUT2D eigenvalue weighted by Gasteiger charge is 2.29. The van der Waals surface area contributed by atoms with E-state index in [4.69, 9.17) is 5.11 Å². The van der Waals surface area contributed by atoms with E-state index in [0.29, 0.717) is 42.8 Å². The van der Waals surface area contributed by atoms with Gasteiger partial charge >= 0.3 is 5.97 Å². The number of carboxylic acid groups (broad SMARTS) is 1. The molecule has 1 aliphatic heterocycles. The van der Waals surface area contributed by atoms with Crippen molar-refractivity contribution in [2.45, 2.75) is 53.1 Å². The number of aliphatic carboxylic acids is 1. The molecule has 0 aliphatic carbocycles. The Balaban J connectivity index is 2.27. The van der Waals surface area contributed by atoms with Gasteiger partial charge in [-0.2, -0.15) is 0 Å². The second-order valence-electron chi connectivity index (χ2n) is 7.34. The summed E-state index contributed by atoms with van der Waals surface area (Å²) in [5.74, 6) is -1.78. The van der Waals surface area contributed by atoms with Crippen molar-refractivity contribution < 1.29 is 19.5 Å². The predicted molar refractivity (Wildman–Crippen MR) is 99.7 cm³/mol. The van der Waals surface area contributed by atoms with Crippen molar-refractivity contribution in [3.63, 3.8) is 0 Å². The first-order valence-electron chi connectivity index (χ1n) is 9.14. The molecule has 1 aliphatic rings. The van der Waals surface area contributed by atoms with Gasteiger partial charge in [-0.15, -0.1) is 0 Å². The second-order valence-corrected chi connectivity index (χ2v) is 7.34. The van der Waals surface area contributed by atoms with Crippen LogP contribution in [-0.2, 0) is 16.1 Å². The lowest BCUT2D eigenvalue weighted by atomic mass is 9.96. The van der Waals surface area contributed by atoms with Crippen molar-refractivity contribution >= 4 is 17.8 Å². The molecule has 0 bridgehead atoms. The third kappa shape index (κ3) is 4.75. The highest BCUT2D eigenvalue weighted by atomic mass is 16.4. The highest BCUT2D eigenvalue weighted by Crippen LogP contribution is 2.21. The second kappa shape index (κ2) is 8.37. The molecule has 2 N–H and O–H groups in total. The first-order chi connectivity index (χ1) is 12.6. The summed E-state index contributed by atoms with van der Waals surface area (Å²) < 4.78 is 1.31. The van der Waals surface area contributed by atoms with Gasteiger partial charge in [-0.25, -0.2) is 0 Å². The third-order valence-corrected chi connectivity index (χ3v) is 4.86. The molecule has 0 unspecified atom stereocenters. The number of nitrogens with one attached hydrogen (secondary N) is 1. The van der Waals surface area contributed by atoms with Gasteiger partial charge in [-0.05, 0) is 46.1 Å². The van der Waals surface area contributed by atoms with Crippen LogP contribution in [0.4, 0.5) is 0 Å². The van der Waals surface area contributed by atoms with Crippen molar-refractivity contribution in [2.75, 3.05) is 13.1 Å². The number of pyridine rings is 1. The number of aromatic nitrogens is 1. The highest BCUT2D eigenvalue weighted by molar-refractivity contribution is 5.97. The van der Waals surface area contributed by atoms with Crippen LogP contribution in [0.3, 0.4) is 0 Å². The zero-order valence-corrected chi connectivity index (χ0v) is 16.2. The van der Waals surface area contributed by atoms with Crippen molar-refractivity contribution in [2.24, 2.45) is 5.92 Å². The smallest absolute Gasteiger partial charge is 0.306 e. The van der Waals surface area contributed by atoms with E-state index in [1.807, 2.05) is 13.8 Å². The topological polar surface area (TPSA) is 109 Å². The molecular weight excluding hydrogens is 350 g/mol. The molecule has 2 heterocycles. The van der Waals surface area contributed by atoms with E-state index in [1.165, 1.54) is 10.6 Å². The molecule has 27 heavy (non-hydrogen) atoms. The molecule has 0 spiro atoms. The van der Waals surface area contributed by atoms with Crippen LogP contribution in [0.5, 0.6) is 0 Å². The lowest BCUT2D eigenvalue weighted by molar-refractivity contribution is -0.143. The molecule has 8 nitrogen and oxygen atoms in total. The molecule has 1 saturated heterocycles. The lowest BCUT2D eigenvalue weighted by Crippen LogP contribution is -2.42. The molecule has 148 valence electrons. The number of aryl methyl sites for hydroxylation is 1. The Hall–Kier alpha value is -2.64. The van der Waals surface area contributed by atoms with E-state index in [0.717, 1.165) is 0 Å². The molecule has 2 amide bonds. The number of rotatable bonds is 5. The fraction of sp³-hybridized carbons (Fsp3) is 0.579. The SMILES string of the molecule is Cc1cc(=O)n(CC(=O)NC(C)C)c(C)c1C(=O)N1CCC(C(=O)O)CC1. The largest absolute Gasteiger partial charge is 0.481 e. The molecule has 2 rings (SSSR count). The van der Waals surface area contributed by atoms with Crippen LogP contribution in [0.25, 0.3) is 0 Å². The normalized spacial score (nSPS) is 15.1. The minimum Gasteiger partial charge on any atom is -0.481 e. The van der Waals surface area contributed by atoms with Gasteiger partial charge in [0.25, 0.3) is 11.5 Å². The molecule has 8 heteroatoms. The maximum Gasteiger partial charge on any atom is 0.306 e. The molecular formula is C19H27N3O5. The van der Waals surface area contributed by atoms with E-state index in [1.54, 1.807) is 18.7 Å². The first kappa shape index (κ1) is 20.7. The summed E-state index contributed by atoms with van der Waals surface area (Å²) in [6, 6.07) is 1.32. The quantitative estimate of drug-likeness (QED) is 0.793. The van der Waals surface area contributed by atoms with E-state index in [9.17, 15) is 19.2 Å². The van der Waals surface area contributed by atoms with E-state index >= 15 is 0 Å². The zero-order valence-electron chi connectivity index (χ0n) is 16.2. The van der Waals surface area contributed by atoms with Crippen molar-refractivity contribution in [1.29, 1.82) is 0 Å². The molecule has 0 aromatic carbocycles. The summed E-state index contributed by atoms with van der Waals surface area (Å²) in [6.45, 7) is 7.60. The summed E-state index contributed by atoms with van der Waals surface area (Å²) in [6.07, 6.45) is 0.825. The Morgan fingerprint density at radius 2 is 1.81 bits per heavy atom. The van der Waals surface area contributed by atoms with E-state index < -0.39 is 11.9 Å². The maximum atomic E-state index is 13.0. The standard InChI is InChI=1S/C19H27N3O5/c1-11(2)20-15(23)10-22-13(4)17(12(3)9-16(22)24)18(25)21-7-5-14(6-8-21)19(26)27/h9,11,14H,5-8,10H2,1-4H3,(H,20,23)(H,26,27). The fourth-order valence-corrected chi connectivity index (χ4v) is 3.44. The average Bonchev–Trinajstić information content (AvgIpc) is 2.57. The molecule has 0 saturated carbocycles. The minimum atomic E-state index is -0.834. The Morgan fingerprint density at radius 1 is 1.22 bits per heavy atom. The molecule has 1 fully saturated rings. The molecule has 0 radical (unpaired) electrons. The Bertz CT molecular complexity index is 804. The molecule has 1 aromatic rings. The first-order valence-corrected chi connectivity index (χ1v) is 9.14. The van der Waals surface area contributed by atoms with Crippen LogP contribution in [0.1, 0.15) is 48.3 Å². The number of nitrogens with zero attached hydrogens (tertiary/aromatic N) is 2. The molecule has 1 aromatic heterocycles. The summed E-state index contributed by atoms with van der Waals surface area (Å²) in [4.78, 5) is 50.1. The summed E-state index contributed by atoms with van der Waals surface area (Å²) in [7, 11) is 0. The Kier molecular flexibility index (Phi) is 6.41. The van der Waals surface area contributed by atoms with Gasteiger partial charge < -0.3 is 19.9 Å². The van der Waals surface area contributed by atoms with Crippen LogP contribution in [0, 0.1) is 19.8 Å². The van der Waals surface area contributed by atoms with Crippen molar-refractivity contribution in [3.8, 4) is 0 Å². The fourth-order valence-electron chi connectivity index (χ4n) is 3.44. The monoisotopic (exact) mass is 377 g/mol. The number of amides is 2.